The highest BCUT2D eigenvalue weighted by Crippen LogP contribution is 2.60. The van der Waals surface area contributed by atoms with Crippen LogP contribution in [-0.2, 0) is 146 Å². The standard InChI is InChI=1S/C71H92NO24P3/c1-5-6-7-27-43-64(74)93-62(51-82-63(73)42-28-14-29-44-72-71(75)83-45-56-30-15-8-16-31-56)52-92-99(78,91-50-61-40-25-13-26-41-61)94-68-65(84-53-79-2)66(85-54-80-3)69(95-97(76,87-46-57-32-17-9-18-33-57)88-47-58-34-19-10-20-35-58)70(67(68)86-55-81-4)96-98(77,89-48-59-36-21-11-22-37-59)90-49-60-38-23-12-24-39-60/h8-13,15-26,30-41,62,65-70H,5-7,14,27-29,42-55H2,1-4H3,(H,72,75)/t62?,65-,66+,67+,68-,69-,70-,99?/m1/s1. The van der Waals surface area contributed by atoms with E-state index >= 15 is 13.7 Å². The molecule has 1 aliphatic rings. The summed E-state index contributed by atoms with van der Waals surface area (Å²) >= 11 is 0. The van der Waals surface area contributed by atoms with Crippen LogP contribution in [0.1, 0.15) is 98.1 Å². The summed E-state index contributed by atoms with van der Waals surface area (Å²) in [4.78, 5) is 39.4. The fraction of sp³-hybridized carbons (Fsp3) is 0.451. The highest BCUT2D eigenvalue weighted by atomic mass is 31.2. The number of benzene rings is 6. The van der Waals surface area contributed by atoms with E-state index in [9.17, 15) is 14.4 Å². The van der Waals surface area contributed by atoms with E-state index < -0.39 is 124 Å². The monoisotopic (exact) mass is 1440 g/mol. The summed E-state index contributed by atoms with van der Waals surface area (Å²) in [5.74, 6) is -1.30. The molecule has 1 amide bonds. The van der Waals surface area contributed by atoms with Crippen LogP contribution in [0, 0.1) is 0 Å². The van der Waals surface area contributed by atoms with Crippen molar-refractivity contribution in [2.45, 2.75) is 147 Å². The molecule has 8 atom stereocenters. The van der Waals surface area contributed by atoms with Gasteiger partial charge in [-0.3, -0.25) is 50.3 Å². The minimum absolute atomic E-state index is 0.000941. The Bertz CT molecular complexity index is 3260. The van der Waals surface area contributed by atoms with Crippen LogP contribution >= 0.6 is 23.5 Å². The van der Waals surface area contributed by atoms with Crippen LogP contribution in [-0.4, -0.2) is 122 Å². The number of esters is 2. The molecule has 2 unspecified atom stereocenters. The lowest BCUT2D eigenvalue weighted by Gasteiger charge is -2.49. The molecule has 1 saturated carbocycles. The predicted octanol–water partition coefficient (Wildman–Crippen LogP) is 14.5. The lowest BCUT2D eigenvalue weighted by Crippen LogP contribution is -2.67. The number of hydrogen-bond donors (Lipinski definition) is 1. The van der Waals surface area contributed by atoms with Crippen molar-refractivity contribution in [1.29, 1.82) is 0 Å². The molecule has 28 heteroatoms. The number of phosphoric acid groups is 3. The number of rotatable bonds is 49. The first-order valence-electron chi connectivity index (χ1n) is 32.8. The highest BCUT2D eigenvalue weighted by molar-refractivity contribution is 7.49. The number of ether oxygens (including phenoxy) is 9. The Labute approximate surface area is 579 Å². The average molecular weight is 1440 g/mol. The van der Waals surface area contributed by atoms with E-state index in [2.05, 4.69) is 5.32 Å². The van der Waals surface area contributed by atoms with E-state index in [0.717, 1.165) is 24.8 Å². The fourth-order valence-electron chi connectivity index (χ4n) is 9.90. The molecular weight excluding hydrogens is 1340 g/mol. The predicted molar refractivity (Wildman–Crippen MR) is 362 cm³/mol. The highest BCUT2D eigenvalue weighted by Gasteiger charge is 2.61. The summed E-state index contributed by atoms with van der Waals surface area (Å²) in [5.41, 5.74) is 3.60. The Morgan fingerprint density at radius 1 is 0.374 bits per heavy atom. The molecule has 0 heterocycles. The molecular formula is C71H92NO24P3. The van der Waals surface area contributed by atoms with Crippen LogP contribution in [0.3, 0.4) is 0 Å². The number of hydrogen-bond acceptors (Lipinski definition) is 24. The summed E-state index contributed by atoms with van der Waals surface area (Å²) < 4.78 is 159. The zero-order chi connectivity index (χ0) is 70.2. The van der Waals surface area contributed by atoms with Gasteiger partial charge in [0.25, 0.3) is 0 Å². The molecule has 0 radical (unpaired) electrons. The van der Waals surface area contributed by atoms with Gasteiger partial charge in [0.1, 0.15) is 70.2 Å². The summed E-state index contributed by atoms with van der Waals surface area (Å²) in [5, 5.41) is 2.71. The van der Waals surface area contributed by atoms with Crippen LogP contribution in [0.15, 0.2) is 182 Å². The van der Waals surface area contributed by atoms with Crippen LogP contribution in [0.4, 0.5) is 4.79 Å². The van der Waals surface area contributed by atoms with E-state index in [1.165, 1.54) is 21.3 Å². The van der Waals surface area contributed by atoms with Crippen molar-refractivity contribution >= 4 is 41.5 Å². The van der Waals surface area contributed by atoms with Gasteiger partial charge in [0.2, 0.25) is 0 Å². The van der Waals surface area contributed by atoms with Crippen molar-refractivity contribution in [2.24, 2.45) is 0 Å². The molecule has 1 fully saturated rings. The van der Waals surface area contributed by atoms with Gasteiger partial charge >= 0.3 is 41.5 Å². The first-order valence-corrected chi connectivity index (χ1v) is 37.1. The molecule has 1 N–H and O–H groups in total. The van der Waals surface area contributed by atoms with Gasteiger partial charge in [-0.1, -0.05) is 215 Å². The number of nitrogens with one attached hydrogen (secondary N) is 1. The maximum Gasteiger partial charge on any atom is 0.475 e. The first kappa shape index (κ1) is 79.9. The van der Waals surface area contributed by atoms with Crippen molar-refractivity contribution in [1.82, 2.24) is 5.32 Å². The quantitative estimate of drug-likeness (QED) is 0.0122. The Kier molecular flexibility index (Phi) is 36.2. The number of carbonyl (C=O) groups excluding carboxylic acids is 3. The molecule has 7 rings (SSSR count). The van der Waals surface area contributed by atoms with Gasteiger partial charge in [0.05, 0.1) is 39.6 Å². The van der Waals surface area contributed by atoms with Crippen molar-refractivity contribution < 1.29 is 111 Å². The average Bonchev–Trinajstić information content (AvgIpc) is 0.748. The minimum Gasteiger partial charge on any atom is -0.462 e. The third-order valence-electron chi connectivity index (χ3n) is 14.9. The summed E-state index contributed by atoms with van der Waals surface area (Å²) in [7, 11) is -11.3. The van der Waals surface area contributed by atoms with E-state index in [1.807, 2.05) is 37.3 Å². The second-order valence-corrected chi connectivity index (χ2v) is 27.5. The Hall–Kier alpha value is -6.38. The molecule has 6 aromatic carbocycles. The Morgan fingerprint density at radius 2 is 0.697 bits per heavy atom. The maximum atomic E-state index is 16.2. The Morgan fingerprint density at radius 3 is 1.06 bits per heavy atom. The molecule has 6 aromatic rings. The van der Waals surface area contributed by atoms with Crippen LogP contribution in [0.2, 0.25) is 0 Å². The molecule has 1 aliphatic carbocycles. The van der Waals surface area contributed by atoms with E-state index in [1.54, 1.807) is 152 Å². The lowest BCUT2D eigenvalue weighted by molar-refractivity contribution is -0.279. The largest absolute Gasteiger partial charge is 0.475 e. The van der Waals surface area contributed by atoms with Gasteiger partial charge in [-0.15, -0.1) is 0 Å². The van der Waals surface area contributed by atoms with Crippen LogP contribution in [0.5, 0.6) is 0 Å². The van der Waals surface area contributed by atoms with Gasteiger partial charge in [-0.25, -0.2) is 18.5 Å². The van der Waals surface area contributed by atoms with Gasteiger partial charge < -0.3 is 47.9 Å². The molecule has 25 nitrogen and oxygen atoms in total. The molecule has 0 spiro atoms. The number of methoxy groups -OCH3 is 3. The summed E-state index contributed by atoms with van der Waals surface area (Å²) in [6.07, 6.45) is -8.59. The molecule has 540 valence electrons. The van der Waals surface area contributed by atoms with Crippen molar-refractivity contribution in [3.63, 3.8) is 0 Å². The van der Waals surface area contributed by atoms with E-state index in [-0.39, 0.29) is 45.9 Å². The third kappa shape index (κ3) is 29.6. The number of alkyl carbamates (subject to hydrolysis) is 1. The fourth-order valence-corrected chi connectivity index (χ4v) is 14.0. The van der Waals surface area contributed by atoms with Crippen molar-refractivity contribution in [2.75, 3.05) is 61.5 Å². The minimum atomic E-state index is -5.24. The number of amides is 1. The first-order chi connectivity index (χ1) is 48.2. The molecule has 0 bridgehead atoms. The number of unbranched alkanes of at least 4 members (excludes halogenated alkanes) is 5. The molecule has 99 heavy (non-hydrogen) atoms. The summed E-state index contributed by atoms with van der Waals surface area (Å²) in [6, 6.07) is 53.0. The summed E-state index contributed by atoms with van der Waals surface area (Å²) in [6.45, 7) is -2.35. The van der Waals surface area contributed by atoms with Crippen LogP contribution in [0.25, 0.3) is 0 Å². The second kappa shape index (κ2) is 44.8. The zero-order valence-corrected chi connectivity index (χ0v) is 59.0. The Balaban J connectivity index is 1.26. The maximum absolute atomic E-state index is 16.2. The topological polar surface area (TPSA) is 281 Å². The van der Waals surface area contributed by atoms with Crippen LogP contribution < -0.4 is 5.32 Å². The van der Waals surface area contributed by atoms with Crippen molar-refractivity contribution in [3.05, 3.63) is 215 Å². The van der Waals surface area contributed by atoms with Gasteiger partial charge in [-0.05, 0) is 52.6 Å². The van der Waals surface area contributed by atoms with Gasteiger partial charge in [0, 0.05) is 40.7 Å². The normalized spacial score (nSPS) is 18.0. The lowest BCUT2D eigenvalue weighted by atomic mass is 9.84. The zero-order valence-electron chi connectivity index (χ0n) is 56.4. The van der Waals surface area contributed by atoms with Crippen molar-refractivity contribution in [3.8, 4) is 0 Å². The smallest absolute Gasteiger partial charge is 0.462 e. The second-order valence-electron chi connectivity index (χ2n) is 22.7. The van der Waals surface area contributed by atoms with E-state index in [0.29, 0.717) is 60.0 Å². The third-order valence-corrected chi connectivity index (χ3v) is 19.1. The number of phosphoric ester groups is 3. The number of carbonyl (C=O) groups is 3. The SMILES string of the molecule is CCCCCCC(=O)OC(COC(=O)CCCCCNC(=O)OCc1ccccc1)COP(=O)(OCc1ccccc1)O[C@@H]1[C@H](OCOC)[C@H](OCOC)[C@@H](OP(=O)(OCc2ccccc2)OCc2ccccc2)[C@H](OP(=O)(OCc2ccccc2)OCc2ccccc2)[C@H]1OCOC. The molecule has 0 aliphatic heterocycles. The van der Waals surface area contributed by atoms with E-state index in [4.69, 9.17) is 83.3 Å². The molecule has 0 aromatic heterocycles. The van der Waals surface area contributed by atoms with Gasteiger partial charge in [-0.2, -0.15) is 0 Å². The molecule has 0 saturated heterocycles. The van der Waals surface area contributed by atoms with Gasteiger partial charge in [0.15, 0.2) is 6.10 Å².